The normalized spacial score (nSPS) is 12.0. The zero-order chi connectivity index (χ0) is 15.2. The Labute approximate surface area is 123 Å². The number of rotatable bonds is 1. The SMILES string of the molecule is O=c1cc(-c2cc(Br)ccn2)nc2cc(C(F)(F)F)[nH]n12. The zero-order valence-corrected chi connectivity index (χ0v) is 11.7. The maximum Gasteiger partial charge on any atom is 0.432 e. The first kappa shape index (κ1) is 13.8. The van der Waals surface area contributed by atoms with Crippen LogP contribution in [0.3, 0.4) is 0 Å². The van der Waals surface area contributed by atoms with Gasteiger partial charge in [0, 0.05) is 22.8 Å². The van der Waals surface area contributed by atoms with E-state index in [1.807, 2.05) is 5.10 Å². The fraction of sp³-hybridized carbons (Fsp3) is 0.0833. The van der Waals surface area contributed by atoms with Crippen LogP contribution in [-0.4, -0.2) is 19.6 Å². The fourth-order valence-electron chi connectivity index (χ4n) is 1.81. The Hall–Kier alpha value is -2.16. The molecule has 0 aliphatic heterocycles. The van der Waals surface area contributed by atoms with Crippen molar-refractivity contribution in [3.63, 3.8) is 0 Å². The lowest BCUT2D eigenvalue weighted by molar-refractivity contribution is -0.141. The third kappa shape index (κ3) is 2.56. The first-order valence-electron chi connectivity index (χ1n) is 5.66. The molecule has 5 nitrogen and oxygen atoms in total. The van der Waals surface area contributed by atoms with Gasteiger partial charge in [0.15, 0.2) is 5.65 Å². The van der Waals surface area contributed by atoms with Gasteiger partial charge in [-0.3, -0.25) is 14.9 Å². The van der Waals surface area contributed by atoms with Crippen LogP contribution in [0.15, 0.2) is 39.7 Å². The largest absolute Gasteiger partial charge is 0.432 e. The summed E-state index contributed by atoms with van der Waals surface area (Å²) in [5.41, 5.74) is -1.21. The number of aromatic amines is 1. The van der Waals surface area contributed by atoms with Gasteiger partial charge in [-0.2, -0.15) is 13.2 Å². The summed E-state index contributed by atoms with van der Waals surface area (Å²) in [7, 11) is 0. The highest BCUT2D eigenvalue weighted by Crippen LogP contribution is 2.28. The number of hydrogen-bond donors (Lipinski definition) is 1. The van der Waals surface area contributed by atoms with Gasteiger partial charge in [0.2, 0.25) is 0 Å². The second kappa shape index (κ2) is 4.69. The lowest BCUT2D eigenvalue weighted by Gasteiger charge is -2.01. The van der Waals surface area contributed by atoms with Crippen LogP contribution < -0.4 is 5.56 Å². The number of H-pyrrole nitrogens is 1. The molecule has 3 aromatic heterocycles. The molecule has 0 saturated heterocycles. The second-order valence-electron chi connectivity index (χ2n) is 4.20. The Balaban J connectivity index is 2.21. The molecule has 0 aliphatic carbocycles. The maximum absolute atomic E-state index is 12.6. The van der Waals surface area contributed by atoms with Crippen LogP contribution in [-0.2, 0) is 6.18 Å². The van der Waals surface area contributed by atoms with Crippen molar-refractivity contribution in [1.82, 2.24) is 19.6 Å². The lowest BCUT2D eigenvalue weighted by Crippen LogP contribution is -2.15. The first-order valence-corrected chi connectivity index (χ1v) is 6.46. The molecule has 0 spiro atoms. The molecule has 0 unspecified atom stereocenters. The average molecular weight is 359 g/mol. The monoisotopic (exact) mass is 358 g/mol. The predicted molar refractivity (Wildman–Crippen MR) is 71.7 cm³/mol. The maximum atomic E-state index is 12.6. The van der Waals surface area contributed by atoms with E-state index >= 15 is 0 Å². The third-order valence-corrected chi connectivity index (χ3v) is 3.23. The van der Waals surface area contributed by atoms with Gasteiger partial charge >= 0.3 is 6.18 Å². The summed E-state index contributed by atoms with van der Waals surface area (Å²) in [6.45, 7) is 0. The molecule has 0 bridgehead atoms. The summed E-state index contributed by atoms with van der Waals surface area (Å²) in [6.07, 6.45) is -3.07. The minimum Gasteiger partial charge on any atom is -0.285 e. The van der Waals surface area contributed by atoms with E-state index in [2.05, 4.69) is 25.9 Å². The van der Waals surface area contributed by atoms with Crippen LogP contribution in [0, 0.1) is 0 Å². The molecule has 0 fully saturated rings. The number of nitrogens with one attached hydrogen (secondary N) is 1. The van der Waals surface area contributed by atoms with Crippen LogP contribution in [0.1, 0.15) is 5.69 Å². The second-order valence-corrected chi connectivity index (χ2v) is 5.12. The first-order chi connectivity index (χ1) is 9.84. The van der Waals surface area contributed by atoms with Crippen molar-refractivity contribution < 1.29 is 13.2 Å². The van der Waals surface area contributed by atoms with Crippen molar-refractivity contribution in [3.8, 4) is 11.4 Å². The van der Waals surface area contributed by atoms with Gasteiger partial charge in [-0.15, -0.1) is 0 Å². The standard InChI is InChI=1S/C12H6BrF3N4O/c13-6-1-2-17-7(3-6)8-4-11(21)20-10(18-8)5-9(19-20)12(14,15)16/h1-5,19H. The summed E-state index contributed by atoms with van der Waals surface area (Å²) in [6, 6.07) is 5.21. The van der Waals surface area contributed by atoms with E-state index in [4.69, 9.17) is 0 Å². The zero-order valence-electron chi connectivity index (χ0n) is 10.1. The Morgan fingerprint density at radius 1 is 1.19 bits per heavy atom. The van der Waals surface area contributed by atoms with Gasteiger partial charge in [-0.1, -0.05) is 15.9 Å². The quantitative estimate of drug-likeness (QED) is 0.727. The Bertz CT molecular complexity index is 884. The summed E-state index contributed by atoms with van der Waals surface area (Å²) >= 11 is 3.25. The number of alkyl halides is 3. The number of halogens is 4. The van der Waals surface area contributed by atoms with Gasteiger partial charge in [-0.25, -0.2) is 9.50 Å². The number of fused-ring (bicyclic) bond motifs is 1. The number of pyridine rings is 1. The molecular formula is C12H6BrF3N4O. The highest BCUT2D eigenvalue weighted by Gasteiger charge is 2.33. The molecule has 0 aliphatic rings. The molecule has 0 aromatic carbocycles. The van der Waals surface area contributed by atoms with E-state index in [0.717, 1.165) is 21.1 Å². The topological polar surface area (TPSA) is 63.0 Å². The van der Waals surface area contributed by atoms with Gasteiger partial charge in [0.05, 0.1) is 11.4 Å². The molecular weight excluding hydrogens is 353 g/mol. The van der Waals surface area contributed by atoms with Crippen LogP contribution in [0.25, 0.3) is 17.0 Å². The van der Waals surface area contributed by atoms with E-state index in [1.165, 1.54) is 6.20 Å². The average Bonchev–Trinajstić information content (AvgIpc) is 2.83. The van der Waals surface area contributed by atoms with Crippen LogP contribution in [0.4, 0.5) is 13.2 Å². The van der Waals surface area contributed by atoms with E-state index in [9.17, 15) is 18.0 Å². The van der Waals surface area contributed by atoms with Gasteiger partial charge < -0.3 is 0 Å². The van der Waals surface area contributed by atoms with Crippen molar-refractivity contribution in [1.29, 1.82) is 0 Å². The minimum absolute atomic E-state index is 0.119. The van der Waals surface area contributed by atoms with Crippen molar-refractivity contribution in [3.05, 3.63) is 51.0 Å². The van der Waals surface area contributed by atoms with Crippen LogP contribution >= 0.6 is 15.9 Å². The highest BCUT2D eigenvalue weighted by atomic mass is 79.9. The third-order valence-electron chi connectivity index (χ3n) is 2.74. The molecule has 0 saturated carbocycles. The van der Waals surface area contributed by atoms with Crippen LogP contribution in [0.2, 0.25) is 0 Å². The summed E-state index contributed by atoms with van der Waals surface area (Å²) in [5.74, 6) is 0. The predicted octanol–water partition coefficient (Wildman–Crippen LogP) is 2.87. The molecule has 0 radical (unpaired) electrons. The van der Waals surface area contributed by atoms with E-state index in [1.54, 1.807) is 12.1 Å². The highest BCUT2D eigenvalue weighted by molar-refractivity contribution is 9.10. The number of aromatic nitrogens is 4. The molecule has 0 amide bonds. The van der Waals surface area contributed by atoms with Gasteiger partial charge in [-0.05, 0) is 12.1 Å². The molecule has 1 N–H and O–H groups in total. The van der Waals surface area contributed by atoms with E-state index < -0.39 is 17.4 Å². The van der Waals surface area contributed by atoms with Gasteiger partial charge in [0.25, 0.3) is 5.56 Å². The molecule has 3 aromatic rings. The van der Waals surface area contributed by atoms with Crippen molar-refractivity contribution in [2.45, 2.75) is 6.18 Å². The molecule has 21 heavy (non-hydrogen) atoms. The number of nitrogens with zero attached hydrogens (tertiary/aromatic N) is 3. The van der Waals surface area contributed by atoms with E-state index in [-0.39, 0.29) is 11.3 Å². The Morgan fingerprint density at radius 3 is 2.62 bits per heavy atom. The molecule has 108 valence electrons. The number of hydrogen-bond acceptors (Lipinski definition) is 3. The summed E-state index contributed by atoms with van der Waals surface area (Å²) < 4.78 is 39.4. The van der Waals surface area contributed by atoms with Crippen molar-refractivity contribution >= 4 is 21.6 Å². The summed E-state index contributed by atoms with van der Waals surface area (Å²) in [4.78, 5) is 20.0. The fourth-order valence-corrected chi connectivity index (χ4v) is 2.15. The Kier molecular flexibility index (Phi) is 3.08. The van der Waals surface area contributed by atoms with Crippen molar-refractivity contribution in [2.24, 2.45) is 0 Å². The lowest BCUT2D eigenvalue weighted by atomic mass is 10.2. The van der Waals surface area contributed by atoms with Crippen LogP contribution in [0.5, 0.6) is 0 Å². The van der Waals surface area contributed by atoms with Crippen molar-refractivity contribution in [2.75, 3.05) is 0 Å². The Morgan fingerprint density at radius 2 is 1.95 bits per heavy atom. The molecule has 3 rings (SSSR count). The van der Waals surface area contributed by atoms with Gasteiger partial charge in [0.1, 0.15) is 5.69 Å². The molecule has 3 heterocycles. The smallest absolute Gasteiger partial charge is 0.285 e. The summed E-state index contributed by atoms with van der Waals surface area (Å²) in [5, 5.41) is 1.98. The molecule has 0 atom stereocenters. The molecule has 9 heteroatoms. The minimum atomic E-state index is -4.58. The van der Waals surface area contributed by atoms with E-state index in [0.29, 0.717) is 5.69 Å².